The number of aryl methyl sites for hydroxylation is 1. The lowest BCUT2D eigenvalue weighted by molar-refractivity contribution is -0.126. The van der Waals surface area contributed by atoms with E-state index in [9.17, 15) is 9.18 Å². The lowest BCUT2D eigenvalue weighted by Crippen LogP contribution is -2.38. The Labute approximate surface area is 191 Å². The van der Waals surface area contributed by atoms with Crippen molar-refractivity contribution in [2.24, 2.45) is 5.92 Å². The third kappa shape index (κ3) is 4.15. The van der Waals surface area contributed by atoms with E-state index in [1.54, 1.807) is 6.07 Å². The fraction of sp³-hybridized carbons (Fsp3) is 0.381. The van der Waals surface area contributed by atoms with Crippen molar-refractivity contribution in [1.82, 2.24) is 35.6 Å². The van der Waals surface area contributed by atoms with Crippen molar-refractivity contribution in [3.8, 4) is 21.1 Å². The molecule has 0 atom stereocenters. The van der Waals surface area contributed by atoms with Crippen LogP contribution in [0.15, 0.2) is 17.5 Å². The Morgan fingerprint density at radius 3 is 2.94 bits per heavy atom. The van der Waals surface area contributed by atoms with E-state index in [-0.39, 0.29) is 17.3 Å². The monoisotopic (exact) mass is 471 g/mol. The molecule has 166 valence electrons. The minimum absolute atomic E-state index is 0.0790. The van der Waals surface area contributed by atoms with Crippen LogP contribution >= 0.6 is 22.7 Å². The number of hydrogen-bond donors (Lipinski definition) is 2. The summed E-state index contributed by atoms with van der Waals surface area (Å²) in [5.74, 6) is -0.222. The number of rotatable bonds is 5. The van der Waals surface area contributed by atoms with E-state index in [2.05, 4.69) is 37.7 Å². The maximum Gasteiger partial charge on any atom is 0.223 e. The number of H-pyrrole nitrogens is 1. The predicted octanol–water partition coefficient (Wildman–Crippen LogP) is 3.61. The summed E-state index contributed by atoms with van der Waals surface area (Å²) in [6.07, 6.45) is 1.79. The second-order valence-corrected chi connectivity index (χ2v) is 9.96. The molecule has 1 aliphatic heterocycles. The summed E-state index contributed by atoms with van der Waals surface area (Å²) in [7, 11) is 2.08. The average molecular weight is 472 g/mol. The first-order chi connectivity index (χ1) is 15.5. The van der Waals surface area contributed by atoms with Gasteiger partial charge in [-0.15, -0.1) is 27.8 Å². The van der Waals surface area contributed by atoms with Crippen LogP contribution in [0.1, 0.15) is 23.5 Å². The summed E-state index contributed by atoms with van der Waals surface area (Å²) < 4.78 is 14.3. The van der Waals surface area contributed by atoms with Gasteiger partial charge in [0.15, 0.2) is 5.82 Å². The standard InChI is InChI=1S/C21H22FN7OS2/c1-11-19(32-17(24-11)9-23-20(30)12-3-5-29(2)6-4-12)16-10-31-21(25-16)13-7-14(22)18-15(8-13)26-28-27-18/h7-8,10,12H,3-6,9H2,1-2H3,(H,23,30)(H,26,27,28). The zero-order valence-corrected chi connectivity index (χ0v) is 19.3. The largest absolute Gasteiger partial charge is 0.349 e. The number of piperidine rings is 1. The van der Waals surface area contributed by atoms with Crippen molar-refractivity contribution < 1.29 is 9.18 Å². The lowest BCUT2D eigenvalue weighted by Gasteiger charge is -2.27. The number of halogens is 1. The summed E-state index contributed by atoms with van der Waals surface area (Å²) in [6.45, 7) is 4.27. The Morgan fingerprint density at radius 1 is 1.31 bits per heavy atom. The van der Waals surface area contributed by atoms with Gasteiger partial charge in [0.25, 0.3) is 0 Å². The molecular weight excluding hydrogens is 449 g/mol. The third-order valence-electron chi connectivity index (χ3n) is 5.72. The number of nitrogens with one attached hydrogen (secondary N) is 2. The molecule has 0 unspecified atom stereocenters. The zero-order chi connectivity index (χ0) is 22.2. The van der Waals surface area contributed by atoms with E-state index in [0.717, 1.165) is 47.2 Å². The van der Waals surface area contributed by atoms with Crippen LogP contribution in [0.2, 0.25) is 0 Å². The van der Waals surface area contributed by atoms with Crippen LogP contribution in [-0.4, -0.2) is 56.3 Å². The molecule has 4 heterocycles. The first-order valence-electron chi connectivity index (χ1n) is 10.4. The second-order valence-electron chi connectivity index (χ2n) is 8.02. The van der Waals surface area contributed by atoms with Crippen LogP contribution in [0.4, 0.5) is 4.39 Å². The normalized spacial score (nSPS) is 15.5. The van der Waals surface area contributed by atoms with Crippen LogP contribution in [0.3, 0.4) is 0 Å². The summed E-state index contributed by atoms with van der Waals surface area (Å²) in [5.41, 5.74) is 3.08. The van der Waals surface area contributed by atoms with E-state index >= 15 is 0 Å². The molecule has 1 aliphatic rings. The maximum absolute atomic E-state index is 14.3. The smallest absolute Gasteiger partial charge is 0.223 e. The molecule has 0 radical (unpaired) electrons. The molecule has 3 aromatic heterocycles. The van der Waals surface area contributed by atoms with Crippen LogP contribution in [0.25, 0.3) is 32.2 Å². The fourth-order valence-corrected chi connectivity index (χ4v) is 5.73. The molecule has 5 rings (SSSR count). The first kappa shape index (κ1) is 21.1. The molecule has 1 aromatic carbocycles. The highest BCUT2D eigenvalue weighted by Gasteiger charge is 2.23. The van der Waals surface area contributed by atoms with Crippen molar-refractivity contribution in [2.75, 3.05) is 20.1 Å². The molecule has 0 spiro atoms. The molecule has 0 saturated carbocycles. The quantitative estimate of drug-likeness (QED) is 0.461. The number of nitrogens with zero attached hydrogens (tertiary/aromatic N) is 5. The van der Waals surface area contributed by atoms with Gasteiger partial charge in [-0.2, -0.15) is 0 Å². The van der Waals surface area contributed by atoms with Gasteiger partial charge in [-0.1, -0.05) is 5.21 Å². The van der Waals surface area contributed by atoms with Crippen molar-refractivity contribution >= 4 is 39.6 Å². The topological polar surface area (TPSA) is 99.7 Å². The zero-order valence-electron chi connectivity index (χ0n) is 17.7. The van der Waals surface area contributed by atoms with Crippen LogP contribution in [0, 0.1) is 18.7 Å². The number of amides is 1. The van der Waals surface area contributed by atoms with Crippen LogP contribution < -0.4 is 5.32 Å². The van der Waals surface area contributed by atoms with Crippen molar-refractivity contribution in [1.29, 1.82) is 0 Å². The van der Waals surface area contributed by atoms with E-state index < -0.39 is 5.82 Å². The summed E-state index contributed by atoms with van der Waals surface area (Å²) >= 11 is 2.97. The maximum atomic E-state index is 14.3. The van der Waals surface area contributed by atoms with E-state index in [1.807, 2.05) is 12.3 Å². The molecule has 0 bridgehead atoms. The molecule has 0 aliphatic carbocycles. The highest BCUT2D eigenvalue weighted by Crippen LogP contribution is 2.35. The Kier molecular flexibility index (Phi) is 5.70. The minimum atomic E-state index is -0.407. The highest BCUT2D eigenvalue weighted by atomic mass is 32.1. The average Bonchev–Trinajstić information content (AvgIpc) is 3.52. The summed E-state index contributed by atoms with van der Waals surface area (Å²) in [4.78, 5) is 25.0. The van der Waals surface area contributed by atoms with Crippen molar-refractivity contribution in [2.45, 2.75) is 26.3 Å². The Balaban J connectivity index is 1.30. The van der Waals surface area contributed by atoms with E-state index in [1.165, 1.54) is 28.7 Å². The summed E-state index contributed by atoms with van der Waals surface area (Å²) in [5, 5.41) is 16.7. The Morgan fingerprint density at radius 2 is 2.12 bits per heavy atom. The van der Waals surface area contributed by atoms with Gasteiger partial charge in [-0.3, -0.25) is 9.89 Å². The van der Waals surface area contributed by atoms with Gasteiger partial charge in [0, 0.05) is 16.9 Å². The SMILES string of the molecule is Cc1nc(CNC(=O)C2CCN(C)CC2)sc1-c1csc(-c2cc(F)c3[nH]nnc3c2)n1. The molecule has 1 amide bonds. The number of thiazole rings is 2. The van der Waals surface area contributed by atoms with Gasteiger partial charge in [-0.25, -0.2) is 14.4 Å². The first-order valence-corrected chi connectivity index (χ1v) is 12.1. The number of carbonyl (C=O) groups excluding carboxylic acids is 1. The van der Waals surface area contributed by atoms with E-state index in [0.29, 0.717) is 22.6 Å². The van der Waals surface area contributed by atoms with Crippen LogP contribution in [0.5, 0.6) is 0 Å². The number of fused-ring (bicyclic) bond motifs is 1. The molecule has 1 saturated heterocycles. The van der Waals surface area contributed by atoms with Gasteiger partial charge in [-0.05, 0) is 52.0 Å². The molecule has 11 heteroatoms. The number of hydrogen-bond acceptors (Lipinski definition) is 8. The molecule has 32 heavy (non-hydrogen) atoms. The summed E-state index contributed by atoms with van der Waals surface area (Å²) in [6, 6.07) is 3.21. The highest BCUT2D eigenvalue weighted by molar-refractivity contribution is 7.16. The van der Waals surface area contributed by atoms with Crippen molar-refractivity contribution in [3.63, 3.8) is 0 Å². The van der Waals surface area contributed by atoms with Gasteiger partial charge in [0.05, 0.1) is 22.8 Å². The number of benzene rings is 1. The molecular formula is C21H22FN7OS2. The fourth-order valence-electron chi connectivity index (χ4n) is 3.89. The number of aromatic nitrogens is 5. The minimum Gasteiger partial charge on any atom is -0.349 e. The Hall–Kier alpha value is -2.76. The number of aromatic amines is 1. The van der Waals surface area contributed by atoms with Gasteiger partial charge in [0.2, 0.25) is 5.91 Å². The van der Waals surface area contributed by atoms with Gasteiger partial charge < -0.3 is 10.2 Å². The molecule has 4 aromatic rings. The second kappa shape index (κ2) is 8.64. The molecule has 1 fully saturated rings. The van der Waals surface area contributed by atoms with E-state index in [4.69, 9.17) is 4.98 Å². The van der Waals surface area contributed by atoms with Gasteiger partial charge >= 0.3 is 0 Å². The molecule has 2 N–H and O–H groups in total. The Bertz CT molecular complexity index is 1270. The molecule has 8 nitrogen and oxygen atoms in total. The lowest BCUT2D eigenvalue weighted by atomic mass is 9.96. The number of likely N-dealkylation sites (tertiary alicyclic amines) is 1. The predicted molar refractivity (Wildman–Crippen MR) is 123 cm³/mol. The number of carbonyl (C=O) groups is 1. The van der Waals surface area contributed by atoms with Crippen molar-refractivity contribution in [3.05, 3.63) is 34.0 Å². The van der Waals surface area contributed by atoms with Crippen LogP contribution in [-0.2, 0) is 11.3 Å². The third-order valence-corrected chi connectivity index (χ3v) is 7.79. The van der Waals surface area contributed by atoms with Gasteiger partial charge in [0.1, 0.15) is 21.0 Å².